The lowest BCUT2D eigenvalue weighted by atomic mass is 9.99. The highest BCUT2D eigenvalue weighted by Gasteiger charge is 2.49. The zero-order chi connectivity index (χ0) is 48.0. The zero-order valence-corrected chi connectivity index (χ0v) is 39.0. The van der Waals surface area contributed by atoms with Crippen molar-refractivity contribution in [2.75, 3.05) is 0 Å². The van der Waals surface area contributed by atoms with E-state index in [1.165, 1.54) is 0 Å². The van der Waals surface area contributed by atoms with Crippen LogP contribution in [-0.4, -0.2) is 104 Å². The smallest absolute Gasteiger partial charge is 0.338 e. The van der Waals surface area contributed by atoms with Crippen molar-refractivity contribution in [2.24, 2.45) is 0 Å². The molecule has 3 aliphatic heterocycles. The zero-order valence-electron chi connectivity index (χ0n) is 39.0. The van der Waals surface area contributed by atoms with Crippen LogP contribution in [0, 0.1) is 0 Å². The monoisotopic (exact) mass is 934 g/mol. The van der Waals surface area contributed by atoms with E-state index in [-0.39, 0.29) is 25.4 Å². The number of rotatable bonds is 19. The fourth-order valence-corrected chi connectivity index (χ4v) is 8.38. The van der Waals surface area contributed by atoms with Crippen LogP contribution in [0.25, 0.3) is 0 Å². The van der Waals surface area contributed by atoms with E-state index in [0.717, 1.165) is 25.7 Å². The summed E-state index contributed by atoms with van der Waals surface area (Å²) in [6.07, 6.45) is -4.89. The second kappa shape index (κ2) is 24.5. The van der Waals surface area contributed by atoms with E-state index in [9.17, 15) is 19.2 Å². The minimum absolute atomic E-state index is 0.0659. The maximum absolute atomic E-state index is 13.6. The number of hydrogen-bond donors (Lipinski definition) is 0. The van der Waals surface area contributed by atoms with Crippen molar-refractivity contribution < 1.29 is 66.5 Å². The molecule has 0 radical (unpaired) electrons. The van der Waals surface area contributed by atoms with Crippen LogP contribution < -0.4 is 0 Å². The summed E-state index contributed by atoms with van der Waals surface area (Å²) in [5.41, 5.74) is 1.38. The normalized spacial score (nSPS) is 28.6. The lowest BCUT2D eigenvalue weighted by Gasteiger charge is -2.46. The Kier molecular flexibility index (Phi) is 18.1. The van der Waals surface area contributed by atoms with Crippen molar-refractivity contribution in [3.8, 4) is 0 Å². The summed E-state index contributed by atoms with van der Waals surface area (Å²) in [7, 11) is 0. The largest absolute Gasteiger partial charge is 0.456 e. The van der Waals surface area contributed by atoms with Crippen LogP contribution in [0.2, 0.25) is 0 Å². The highest BCUT2D eigenvalue weighted by Crippen LogP contribution is 2.36. The lowest BCUT2D eigenvalue weighted by molar-refractivity contribution is -0.353. The van der Waals surface area contributed by atoms with E-state index in [0.29, 0.717) is 22.3 Å². The van der Waals surface area contributed by atoms with Gasteiger partial charge in [-0.15, -0.1) is 6.58 Å². The molecule has 3 aliphatic rings. The van der Waals surface area contributed by atoms with Crippen LogP contribution in [0.3, 0.4) is 0 Å². The van der Waals surface area contributed by atoms with Crippen molar-refractivity contribution in [1.82, 2.24) is 0 Å². The third-order valence-electron chi connectivity index (χ3n) is 12.2. The maximum atomic E-state index is 13.6. The van der Waals surface area contributed by atoms with Crippen LogP contribution in [-0.2, 0) is 47.4 Å². The number of carbonyl (C=O) groups excluding carboxylic acids is 4. The van der Waals surface area contributed by atoms with Crippen molar-refractivity contribution in [3.63, 3.8) is 0 Å². The molecule has 0 bridgehead atoms. The number of carbonyl (C=O) groups is 4. The maximum Gasteiger partial charge on any atom is 0.338 e. The van der Waals surface area contributed by atoms with E-state index >= 15 is 0 Å². The lowest BCUT2D eigenvalue weighted by Crippen LogP contribution is -2.57. The van der Waals surface area contributed by atoms with Gasteiger partial charge >= 0.3 is 23.9 Å². The first-order valence-electron chi connectivity index (χ1n) is 23.5. The van der Waals surface area contributed by atoms with Gasteiger partial charge < -0.3 is 47.4 Å². The Bertz CT molecular complexity index is 2230. The molecule has 0 aromatic heterocycles. The van der Waals surface area contributed by atoms with Gasteiger partial charge in [-0.05, 0) is 95.5 Å². The molecule has 0 amide bonds. The molecule has 7 rings (SSSR count). The predicted octanol–water partition coefficient (Wildman–Crippen LogP) is 9.22. The highest BCUT2D eigenvalue weighted by atomic mass is 16.8. The average Bonchev–Trinajstić information content (AvgIpc) is 3.35. The summed E-state index contributed by atoms with van der Waals surface area (Å²) in [6, 6.07) is 34.3. The molecule has 3 heterocycles. The van der Waals surface area contributed by atoms with Gasteiger partial charge in [-0.25, -0.2) is 19.2 Å². The molecule has 68 heavy (non-hydrogen) atoms. The first-order valence-corrected chi connectivity index (χ1v) is 23.5. The molecule has 14 heteroatoms. The fourth-order valence-electron chi connectivity index (χ4n) is 8.38. The third kappa shape index (κ3) is 13.7. The molecule has 0 unspecified atom stereocenters. The van der Waals surface area contributed by atoms with E-state index in [1.807, 2.05) is 19.9 Å². The molecule has 362 valence electrons. The first kappa shape index (κ1) is 50.1. The second-order valence-electron chi connectivity index (χ2n) is 17.4. The Hall–Kier alpha value is -5.74. The van der Waals surface area contributed by atoms with Crippen molar-refractivity contribution in [2.45, 2.75) is 153 Å². The van der Waals surface area contributed by atoms with E-state index in [2.05, 4.69) is 6.58 Å². The molecule has 0 N–H and O–H groups in total. The Labute approximate surface area is 398 Å². The SMILES string of the molecule is C=CCCCC[C@@H](C)O[C@@H]1O[C@@H](C)[C@H](O[C@@H]2O[C@@H](C)[C@H](OC(=O)c3ccccc3)C[C@H]2OC(=O)c2ccccc2)C[C@H]1O[C@@H]1O[C@@H](C)[C@H](OC(=O)c2ccccc2)C[C@H]1OC(=O)c1ccccc1. The summed E-state index contributed by atoms with van der Waals surface area (Å²) < 4.78 is 63.8. The Morgan fingerprint density at radius 1 is 0.500 bits per heavy atom. The summed E-state index contributed by atoms with van der Waals surface area (Å²) >= 11 is 0. The third-order valence-corrected chi connectivity index (χ3v) is 12.2. The van der Waals surface area contributed by atoms with Crippen LogP contribution >= 0.6 is 0 Å². The Morgan fingerprint density at radius 3 is 1.24 bits per heavy atom. The summed E-state index contributed by atoms with van der Waals surface area (Å²) in [5.74, 6) is -2.30. The standard InChI is InChI=1S/C54H62O14/c1-6-7-8-13-22-34(2)59-52-47(68-54-46(66-51(58)41-29-20-12-21-30-41)32-43(36(4)62-54)64-49(56)39-25-16-10-17-26-39)33-44(37(5)60-52)67-53-45(65-50(57)40-27-18-11-19-28-40)31-42(35(3)61-53)63-48(55)38-23-14-9-15-24-38/h6,9-12,14-21,23-30,34-37,42-47,52-54H,1,7-8,13,22,31-33H2,2-5H3/t34-,35+,36+,37+,42-,43-,44-,45-,46-,47-,52-,53+,54+/m1/s1. The summed E-state index contributed by atoms with van der Waals surface area (Å²) in [5, 5.41) is 0. The molecule has 0 spiro atoms. The van der Waals surface area contributed by atoms with Gasteiger partial charge in [0.05, 0.1) is 52.8 Å². The van der Waals surface area contributed by atoms with Crippen LogP contribution in [0.5, 0.6) is 0 Å². The first-order chi connectivity index (χ1) is 32.9. The number of esters is 4. The van der Waals surface area contributed by atoms with Gasteiger partial charge in [0.2, 0.25) is 0 Å². The van der Waals surface area contributed by atoms with Gasteiger partial charge in [0.15, 0.2) is 31.1 Å². The van der Waals surface area contributed by atoms with Crippen molar-refractivity contribution >= 4 is 23.9 Å². The molecule has 3 fully saturated rings. The van der Waals surface area contributed by atoms with Crippen LogP contribution in [0.15, 0.2) is 134 Å². The quantitative estimate of drug-likeness (QED) is 0.0379. The summed E-state index contributed by atoms with van der Waals surface area (Å²) in [6.45, 7) is 11.2. The van der Waals surface area contributed by atoms with Gasteiger partial charge in [-0.3, -0.25) is 0 Å². The number of allylic oxidation sites excluding steroid dienone is 1. The topological polar surface area (TPSA) is 161 Å². The van der Waals surface area contributed by atoms with E-state index in [4.69, 9.17) is 47.4 Å². The highest BCUT2D eigenvalue weighted by molar-refractivity contribution is 5.91. The molecular weight excluding hydrogens is 873 g/mol. The molecule has 4 aromatic carbocycles. The second-order valence-corrected chi connectivity index (χ2v) is 17.4. The predicted molar refractivity (Wildman–Crippen MR) is 248 cm³/mol. The van der Waals surface area contributed by atoms with Gasteiger partial charge in [0.25, 0.3) is 0 Å². The molecule has 0 aliphatic carbocycles. The van der Waals surface area contributed by atoms with Crippen molar-refractivity contribution in [1.29, 1.82) is 0 Å². The van der Waals surface area contributed by atoms with E-state index in [1.54, 1.807) is 135 Å². The van der Waals surface area contributed by atoms with E-state index < -0.39 is 97.7 Å². The number of benzene rings is 4. The van der Waals surface area contributed by atoms with Crippen molar-refractivity contribution in [3.05, 3.63) is 156 Å². The fraction of sp³-hybridized carbons (Fsp3) is 0.444. The van der Waals surface area contributed by atoms with Crippen LogP contribution in [0.1, 0.15) is 114 Å². The number of hydrogen-bond acceptors (Lipinski definition) is 14. The minimum Gasteiger partial charge on any atom is -0.456 e. The van der Waals surface area contributed by atoms with Gasteiger partial charge in [0, 0.05) is 19.3 Å². The molecule has 3 saturated heterocycles. The Morgan fingerprint density at radius 2 is 0.838 bits per heavy atom. The molecule has 13 atom stereocenters. The summed E-state index contributed by atoms with van der Waals surface area (Å²) in [4.78, 5) is 53.7. The van der Waals surface area contributed by atoms with Gasteiger partial charge in [-0.1, -0.05) is 85.3 Å². The number of ether oxygens (including phenoxy) is 10. The molecular formula is C54H62O14. The molecule has 0 saturated carbocycles. The van der Waals surface area contributed by atoms with Gasteiger partial charge in [-0.2, -0.15) is 0 Å². The minimum atomic E-state index is -1.16. The van der Waals surface area contributed by atoms with Gasteiger partial charge in [0.1, 0.15) is 18.3 Å². The number of unbranched alkanes of at least 4 members (excludes halogenated alkanes) is 2. The van der Waals surface area contributed by atoms with Crippen LogP contribution in [0.4, 0.5) is 0 Å². The molecule has 4 aromatic rings. The molecule has 14 nitrogen and oxygen atoms in total. The average molecular weight is 935 g/mol. The Balaban J connectivity index is 1.12.